The van der Waals surface area contributed by atoms with Crippen LogP contribution in [0.5, 0.6) is 11.5 Å². The minimum atomic E-state index is -0.232. The molecule has 0 unspecified atom stereocenters. The molecule has 0 aliphatic rings. The molecule has 1 heterocycles. The van der Waals surface area contributed by atoms with E-state index in [2.05, 4.69) is 0 Å². The Morgan fingerprint density at radius 3 is 2.28 bits per heavy atom. The highest BCUT2D eigenvalue weighted by Gasteiger charge is 2.18. The van der Waals surface area contributed by atoms with Crippen molar-refractivity contribution < 1.29 is 13.9 Å². The Bertz CT molecular complexity index is 1270. The fourth-order valence-electron chi connectivity index (χ4n) is 3.31. The fraction of sp³-hybridized carbons (Fsp3) is 0.192. The molecular weight excluding hydrogens is 447 g/mol. The highest BCUT2D eigenvalue weighted by Crippen LogP contribution is 2.32. The summed E-state index contributed by atoms with van der Waals surface area (Å²) in [5.41, 5.74) is 1.87. The average molecular weight is 469 g/mol. The van der Waals surface area contributed by atoms with Gasteiger partial charge in [0.05, 0.1) is 18.6 Å². The number of rotatable bonds is 8. The number of benzene rings is 3. The molecule has 0 aliphatic heterocycles. The summed E-state index contributed by atoms with van der Waals surface area (Å²) < 4.78 is 17.8. The zero-order valence-corrected chi connectivity index (χ0v) is 19.1. The van der Waals surface area contributed by atoms with Gasteiger partial charge in [0.1, 0.15) is 11.3 Å². The van der Waals surface area contributed by atoms with Crippen molar-refractivity contribution in [1.29, 1.82) is 0 Å². The molecule has 0 N–H and O–H groups in total. The second-order valence-electron chi connectivity index (χ2n) is 7.41. The first-order valence-corrected chi connectivity index (χ1v) is 11.1. The lowest BCUT2D eigenvalue weighted by Gasteiger charge is -2.12. The van der Waals surface area contributed by atoms with Crippen LogP contribution in [0.25, 0.3) is 22.3 Å². The van der Waals surface area contributed by atoms with Gasteiger partial charge in [-0.25, -0.2) is 0 Å². The van der Waals surface area contributed by atoms with Gasteiger partial charge < -0.3 is 13.9 Å². The molecule has 6 heteroatoms. The number of hydrogen-bond acceptors (Lipinski definition) is 4. The van der Waals surface area contributed by atoms with Gasteiger partial charge in [0, 0.05) is 15.6 Å². The highest BCUT2D eigenvalue weighted by atomic mass is 35.5. The summed E-state index contributed by atoms with van der Waals surface area (Å²) in [5.74, 6) is 1.38. The zero-order chi connectivity index (χ0) is 22.5. The lowest BCUT2D eigenvalue weighted by atomic mass is 10.1. The molecule has 4 aromatic rings. The highest BCUT2D eigenvalue weighted by molar-refractivity contribution is 6.32. The van der Waals surface area contributed by atoms with E-state index in [0.29, 0.717) is 46.4 Å². The van der Waals surface area contributed by atoms with Crippen LogP contribution in [0.15, 0.2) is 75.9 Å². The Hall–Kier alpha value is -2.95. The number of aryl methyl sites for hydroxylation is 1. The van der Waals surface area contributed by atoms with E-state index in [0.717, 1.165) is 23.3 Å². The van der Waals surface area contributed by atoms with E-state index in [4.69, 9.17) is 37.1 Å². The first-order chi connectivity index (χ1) is 15.5. The molecule has 0 atom stereocenters. The van der Waals surface area contributed by atoms with Crippen LogP contribution in [0.1, 0.15) is 18.4 Å². The molecule has 0 aliphatic carbocycles. The molecule has 164 valence electrons. The van der Waals surface area contributed by atoms with Crippen molar-refractivity contribution in [1.82, 2.24) is 0 Å². The average Bonchev–Trinajstić information content (AvgIpc) is 2.80. The second-order valence-corrected chi connectivity index (χ2v) is 8.25. The molecule has 32 heavy (non-hydrogen) atoms. The van der Waals surface area contributed by atoms with Crippen LogP contribution in [0.2, 0.25) is 10.0 Å². The van der Waals surface area contributed by atoms with E-state index in [-0.39, 0.29) is 11.2 Å². The molecule has 4 rings (SSSR count). The number of ether oxygens (including phenoxy) is 2. The molecule has 1 aromatic heterocycles. The van der Waals surface area contributed by atoms with Crippen LogP contribution in [0.4, 0.5) is 0 Å². The normalized spacial score (nSPS) is 11.0. The van der Waals surface area contributed by atoms with E-state index in [9.17, 15) is 4.79 Å². The molecule has 0 spiro atoms. The van der Waals surface area contributed by atoms with Crippen molar-refractivity contribution in [2.45, 2.75) is 19.8 Å². The predicted molar refractivity (Wildman–Crippen MR) is 129 cm³/mol. The summed E-state index contributed by atoms with van der Waals surface area (Å²) >= 11 is 12.1. The largest absolute Gasteiger partial charge is 0.494 e. The molecule has 0 fully saturated rings. The summed E-state index contributed by atoms with van der Waals surface area (Å²) in [7, 11) is 0. The number of fused-ring (bicyclic) bond motifs is 1. The molecule has 0 saturated heterocycles. The van der Waals surface area contributed by atoms with Crippen molar-refractivity contribution in [2.24, 2.45) is 0 Å². The van der Waals surface area contributed by atoms with Crippen LogP contribution < -0.4 is 14.9 Å². The second kappa shape index (κ2) is 10.1. The van der Waals surface area contributed by atoms with Crippen molar-refractivity contribution in [2.75, 3.05) is 13.2 Å². The standard InChI is InChI=1S/C26H22Cl2O4/c1-17-15-23-21(16-22(17)28)24(29)26(25(32-23)18-7-3-2-4-8-18)31-14-6-5-13-30-20-11-9-19(27)10-12-20/h2-4,7-12,15-16H,5-6,13-14H2,1H3. The van der Waals surface area contributed by atoms with Gasteiger partial charge in [0.25, 0.3) is 0 Å². The maximum absolute atomic E-state index is 13.2. The van der Waals surface area contributed by atoms with E-state index in [1.807, 2.05) is 49.4 Å². The van der Waals surface area contributed by atoms with E-state index in [1.165, 1.54) is 0 Å². The molecular formula is C26H22Cl2O4. The van der Waals surface area contributed by atoms with Crippen LogP contribution in [0, 0.1) is 6.92 Å². The summed E-state index contributed by atoms with van der Waals surface area (Å²) in [5, 5.41) is 1.59. The summed E-state index contributed by atoms with van der Waals surface area (Å²) in [6, 6.07) is 20.1. The van der Waals surface area contributed by atoms with Crippen LogP contribution in [-0.2, 0) is 0 Å². The molecule has 3 aromatic carbocycles. The summed E-state index contributed by atoms with van der Waals surface area (Å²) in [6.07, 6.45) is 1.49. The Kier molecular flexibility index (Phi) is 7.03. The SMILES string of the molecule is Cc1cc2oc(-c3ccccc3)c(OCCCCOc3ccc(Cl)cc3)c(=O)c2cc1Cl. The van der Waals surface area contributed by atoms with Crippen molar-refractivity contribution in [3.63, 3.8) is 0 Å². The third kappa shape index (κ3) is 5.09. The third-order valence-corrected chi connectivity index (χ3v) is 5.69. The van der Waals surface area contributed by atoms with Gasteiger partial charge in [-0.1, -0.05) is 53.5 Å². The molecule has 0 amide bonds. The Morgan fingerprint density at radius 1 is 0.875 bits per heavy atom. The Balaban J connectivity index is 1.50. The molecule has 0 bridgehead atoms. The lowest BCUT2D eigenvalue weighted by Crippen LogP contribution is -2.12. The topological polar surface area (TPSA) is 48.7 Å². The van der Waals surface area contributed by atoms with Crippen LogP contribution >= 0.6 is 23.2 Å². The number of halogens is 2. The van der Waals surface area contributed by atoms with Gasteiger partial charge in [-0.3, -0.25) is 4.79 Å². The van der Waals surface area contributed by atoms with Gasteiger partial charge in [0.15, 0.2) is 5.76 Å². The first-order valence-electron chi connectivity index (χ1n) is 10.4. The van der Waals surface area contributed by atoms with E-state index >= 15 is 0 Å². The maximum Gasteiger partial charge on any atom is 0.235 e. The lowest BCUT2D eigenvalue weighted by molar-refractivity contribution is 0.263. The van der Waals surface area contributed by atoms with Gasteiger partial charge in [-0.05, 0) is 61.7 Å². The molecule has 4 nitrogen and oxygen atoms in total. The Labute approximate surface area is 196 Å². The monoisotopic (exact) mass is 468 g/mol. The van der Waals surface area contributed by atoms with Crippen molar-refractivity contribution in [3.05, 3.63) is 92.6 Å². The van der Waals surface area contributed by atoms with Gasteiger partial charge in [0.2, 0.25) is 11.2 Å². The molecule has 0 radical (unpaired) electrons. The van der Waals surface area contributed by atoms with E-state index in [1.54, 1.807) is 24.3 Å². The number of hydrogen-bond donors (Lipinski definition) is 0. The first kappa shape index (κ1) is 22.3. The minimum Gasteiger partial charge on any atom is -0.494 e. The maximum atomic E-state index is 13.2. The number of unbranched alkanes of at least 4 members (excludes halogenated alkanes) is 1. The summed E-state index contributed by atoms with van der Waals surface area (Å²) in [6.45, 7) is 2.78. The van der Waals surface area contributed by atoms with Crippen LogP contribution in [0.3, 0.4) is 0 Å². The van der Waals surface area contributed by atoms with E-state index < -0.39 is 0 Å². The van der Waals surface area contributed by atoms with Crippen molar-refractivity contribution in [3.8, 4) is 22.8 Å². The third-order valence-electron chi connectivity index (χ3n) is 5.03. The van der Waals surface area contributed by atoms with Crippen molar-refractivity contribution >= 4 is 34.2 Å². The van der Waals surface area contributed by atoms with Gasteiger partial charge >= 0.3 is 0 Å². The summed E-state index contributed by atoms with van der Waals surface area (Å²) in [4.78, 5) is 13.2. The van der Waals surface area contributed by atoms with Crippen LogP contribution in [-0.4, -0.2) is 13.2 Å². The quantitative estimate of drug-likeness (QED) is 0.254. The fourth-order valence-corrected chi connectivity index (χ4v) is 3.60. The Morgan fingerprint density at radius 2 is 1.56 bits per heavy atom. The smallest absolute Gasteiger partial charge is 0.235 e. The zero-order valence-electron chi connectivity index (χ0n) is 17.6. The predicted octanol–water partition coefficient (Wildman–Crippen LogP) is 7.31. The minimum absolute atomic E-state index is 0.197. The van der Waals surface area contributed by atoms with Gasteiger partial charge in [-0.15, -0.1) is 0 Å². The molecule has 0 saturated carbocycles. The van der Waals surface area contributed by atoms with Gasteiger partial charge in [-0.2, -0.15) is 0 Å².